The van der Waals surface area contributed by atoms with Crippen LogP contribution in [0.1, 0.15) is 61.4 Å². The molecule has 8 heteroatoms. The maximum atomic E-state index is 12.8. The van der Waals surface area contributed by atoms with Gasteiger partial charge in [-0.1, -0.05) is 13.3 Å². The molecule has 0 radical (unpaired) electrons. The SMILES string of the molecule is CCCCNc1ncc(C(=O)NCc2ccncc2)c(N[C@H]2CC[C@H](O)CC2)n1. The molecule has 2 aromatic rings. The van der Waals surface area contributed by atoms with Crippen LogP contribution in [0.3, 0.4) is 0 Å². The Morgan fingerprint density at radius 1 is 1.21 bits per heavy atom. The summed E-state index contributed by atoms with van der Waals surface area (Å²) in [5.41, 5.74) is 1.40. The fraction of sp³-hybridized carbons (Fsp3) is 0.524. The van der Waals surface area contributed by atoms with Gasteiger partial charge in [-0.05, 0) is 49.8 Å². The molecule has 29 heavy (non-hydrogen) atoms. The van der Waals surface area contributed by atoms with Gasteiger partial charge >= 0.3 is 0 Å². The second-order valence-electron chi connectivity index (χ2n) is 7.42. The van der Waals surface area contributed by atoms with Gasteiger partial charge in [-0.15, -0.1) is 0 Å². The van der Waals surface area contributed by atoms with Gasteiger partial charge < -0.3 is 21.1 Å². The van der Waals surface area contributed by atoms with Crippen LogP contribution in [0.2, 0.25) is 0 Å². The zero-order chi connectivity index (χ0) is 20.5. The van der Waals surface area contributed by atoms with E-state index in [4.69, 9.17) is 0 Å². The molecule has 0 atom stereocenters. The highest BCUT2D eigenvalue weighted by Crippen LogP contribution is 2.23. The fourth-order valence-corrected chi connectivity index (χ4v) is 3.31. The Morgan fingerprint density at radius 3 is 2.69 bits per heavy atom. The average Bonchev–Trinajstić information content (AvgIpc) is 2.75. The van der Waals surface area contributed by atoms with Crippen LogP contribution in [0.15, 0.2) is 30.7 Å². The molecular formula is C21H30N6O2. The van der Waals surface area contributed by atoms with Gasteiger partial charge in [0.2, 0.25) is 5.95 Å². The maximum absolute atomic E-state index is 12.8. The minimum Gasteiger partial charge on any atom is -0.393 e. The lowest BCUT2D eigenvalue weighted by Gasteiger charge is -2.27. The van der Waals surface area contributed by atoms with E-state index in [9.17, 15) is 9.90 Å². The van der Waals surface area contributed by atoms with E-state index in [1.54, 1.807) is 18.6 Å². The molecule has 1 amide bonds. The summed E-state index contributed by atoms with van der Waals surface area (Å²) in [6, 6.07) is 3.91. The Balaban J connectivity index is 1.71. The Kier molecular flexibility index (Phi) is 7.75. The summed E-state index contributed by atoms with van der Waals surface area (Å²) in [6.45, 7) is 3.33. The fourth-order valence-electron chi connectivity index (χ4n) is 3.31. The van der Waals surface area contributed by atoms with E-state index >= 15 is 0 Å². The molecule has 8 nitrogen and oxygen atoms in total. The largest absolute Gasteiger partial charge is 0.393 e. The summed E-state index contributed by atoms with van der Waals surface area (Å²) in [5.74, 6) is 0.829. The minimum absolute atomic E-state index is 0.184. The summed E-state index contributed by atoms with van der Waals surface area (Å²) in [6.07, 6.45) is 10.1. The van der Waals surface area contributed by atoms with Crippen LogP contribution in [-0.4, -0.2) is 44.7 Å². The molecule has 3 rings (SSSR count). The number of nitrogens with one attached hydrogen (secondary N) is 3. The Bertz CT molecular complexity index is 778. The number of hydrogen-bond donors (Lipinski definition) is 4. The zero-order valence-corrected chi connectivity index (χ0v) is 16.9. The van der Waals surface area contributed by atoms with Crippen molar-refractivity contribution in [3.63, 3.8) is 0 Å². The predicted octanol–water partition coefficient (Wildman–Crippen LogP) is 2.73. The van der Waals surface area contributed by atoms with Crippen molar-refractivity contribution in [2.75, 3.05) is 17.2 Å². The molecule has 1 aliphatic rings. The summed E-state index contributed by atoms with van der Waals surface area (Å²) in [4.78, 5) is 25.7. The number of hydrogen-bond acceptors (Lipinski definition) is 7. The number of carbonyl (C=O) groups excluding carboxylic acids is 1. The van der Waals surface area contributed by atoms with E-state index in [-0.39, 0.29) is 18.1 Å². The van der Waals surface area contributed by atoms with Crippen LogP contribution >= 0.6 is 0 Å². The molecule has 2 aromatic heterocycles. The Labute approximate surface area is 171 Å². The van der Waals surface area contributed by atoms with Crippen LogP contribution in [0.4, 0.5) is 11.8 Å². The van der Waals surface area contributed by atoms with Crippen LogP contribution in [0.5, 0.6) is 0 Å². The highest BCUT2D eigenvalue weighted by molar-refractivity contribution is 5.98. The number of unbranched alkanes of at least 4 members (excludes halogenated alkanes) is 1. The normalized spacial score (nSPS) is 18.8. The van der Waals surface area contributed by atoms with Crippen molar-refractivity contribution in [2.24, 2.45) is 0 Å². The molecule has 4 N–H and O–H groups in total. The van der Waals surface area contributed by atoms with Gasteiger partial charge in [-0.3, -0.25) is 9.78 Å². The molecule has 156 valence electrons. The topological polar surface area (TPSA) is 112 Å². The van der Waals surface area contributed by atoms with Gasteiger partial charge in [0.1, 0.15) is 11.4 Å². The highest BCUT2D eigenvalue weighted by atomic mass is 16.3. The minimum atomic E-state index is -0.229. The number of amides is 1. The van der Waals surface area contributed by atoms with Crippen LogP contribution < -0.4 is 16.0 Å². The lowest BCUT2D eigenvalue weighted by Crippen LogP contribution is -2.31. The lowest BCUT2D eigenvalue weighted by molar-refractivity contribution is 0.0950. The van der Waals surface area contributed by atoms with Gasteiger partial charge in [0.15, 0.2) is 0 Å². The van der Waals surface area contributed by atoms with Crippen molar-refractivity contribution in [1.29, 1.82) is 0 Å². The number of aliphatic hydroxyl groups is 1. The smallest absolute Gasteiger partial charge is 0.256 e. The third-order valence-electron chi connectivity index (χ3n) is 5.09. The van der Waals surface area contributed by atoms with E-state index in [0.29, 0.717) is 23.9 Å². The Hall–Kier alpha value is -2.74. The zero-order valence-electron chi connectivity index (χ0n) is 16.9. The predicted molar refractivity (Wildman–Crippen MR) is 113 cm³/mol. The number of aromatic nitrogens is 3. The lowest BCUT2D eigenvalue weighted by atomic mass is 9.93. The molecule has 2 heterocycles. The number of nitrogens with zero attached hydrogens (tertiary/aromatic N) is 3. The average molecular weight is 399 g/mol. The van der Waals surface area contributed by atoms with Crippen molar-refractivity contribution >= 4 is 17.7 Å². The van der Waals surface area contributed by atoms with Gasteiger partial charge in [0.05, 0.1) is 6.10 Å². The number of aliphatic hydroxyl groups excluding tert-OH is 1. The van der Waals surface area contributed by atoms with Gasteiger partial charge in [0, 0.05) is 37.7 Å². The van der Waals surface area contributed by atoms with Crippen molar-refractivity contribution in [2.45, 2.75) is 64.1 Å². The second-order valence-corrected chi connectivity index (χ2v) is 7.42. The van der Waals surface area contributed by atoms with E-state index < -0.39 is 0 Å². The van der Waals surface area contributed by atoms with Gasteiger partial charge in [-0.25, -0.2) is 4.98 Å². The maximum Gasteiger partial charge on any atom is 0.256 e. The van der Waals surface area contributed by atoms with Crippen LogP contribution in [0.25, 0.3) is 0 Å². The first-order valence-corrected chi connectivity index (χ1v) is 10.4. The van der Waals surface area contributed by atoms with Crippen LogP contribution in [-0.2, 0) is 6.54 Å². The van der Waals surface area contributed by atoms with Crippen molar-refractivity contribution in [1.82, 2.24) is 20.3 Å². The quantitative estimate of drug-likeness (QED) is 0.481. The van der Waals surface area contributed by atoms with Crippen molar-refractivity contribution in [3.8, 4) is 0 Å². The molecule has 1 aliphatic carbocycles. The third-order valence-corrected chi connectivity index (χ3v) is 5.09. The van der Waals surface area contributed by atoms with Crippen molar-refractivity contribution < 1.29 is 9.90 Å². The first-order valence-electron chi connectivity index (χ1n) is 10.4. The molecule has 0 bridgehead atoms. The standard InChI is InChI=1S/C21H30N6O2/c1-2-3-10-23-21-25-14-18(20(29)24-13-15-8-11-22-12-9-15)19(27-21)26-16-4-6-17(28)7-5-16/h8-9,11-12,14,16-17,28H,2-7,10,13H2,1H3,(H,24,29)(H2,23,25,26,27)/t16-,17-. The molecule has 0 unspecified atom stereocenters. The van der Waals surface area contributed by atoms with Gasteiger partial charge in [0.25, 0.3) is 5.91 Å². The van der Waals surface area contributed by atoms with E-state index in [2.05, 4.69) is 37.8 Å². The monoisotopic (exact) mass is 398 g/mol. The summed E-state index contributed by atoms with van der Waals surface area (Å²) in [5, 5.41) is 19.3. The molecular weight excluding hydrogens is 368 g/mol. The molecule has 1 fully saturated rings. The van der Waals surface area contributed by atoms with E-state index in [1.807, 2.05) is 12.1 Å². The summed E-state index contributed by atoms with van der Waals surface area (Å²) >= 11 is 0. The number of rotatable bonds is 9. The Morgan fingerprint density at radius 2 is 1.97 bits per heavy atom. The highest BCUT2D eigenvalue weighted by Gasteiger charge is 2.22. The molecule has 1 saturated carbocycles. The van der Waals surface area contributed by atoms with Crippen molar-refractivity contribution in [3.05, 3.63) is 41.9 Å². The number of anilines is 2. The molecule has 0 spiro atoms. The molecule has 0 aromatic carbocycles. The number of carbonyl (C=O) groups is 1. The van der Waals surface area contributed by atoms with Crippen LogP contribution in [0, 0.1) is 0 Å². The second kappa shape index (κ2) is 10.7. The third kappa shape index (κ3) is 6.39. The number of pyridine rings is 1. The molecule has 0 aliphatic heterocycles. The summed E-state index contributed by atoms with van der Waals surface area (Å²) < 4.78 is 0. The first-order chi connectivity index (χ1) is 14.2. The van der Waals surface area contributed by atoms with E-state index in [1.165, 1.54) is 0 Å². The first kappa shape index (κ1) is 21.0. The molecule has 0 saturated heterocycles. The van der Waals surface area contributed by atoms with E-state index in [0.717, 1.165) is 50.6 Å². The summed E-state index contributed by atoms with van der Waals surface area (Å²) in [7, 11) is 0. The van der Waals surface area contributed by atoms with Gasteiger partial charge in [-0.2, -0.15) is 4.98 Å².